The van der Waals surface area contributed by atoms with E-state index in [1.54, 1.807) is 0 Å². The Bertz CT molecular complexity index is 687. The van der Waals surface area contributed by atoms with Gasteiger partial charge in [-0.3, -0.25) is 4.79 Å². The van der Waals surface area contributed by atoms with E-state index in [1.807, 2.05) is 64.1 Å². The number of carbonyl (C=O) groups is 1. The summed E-state index contributed by atoms with van der Waals surface area (Å²) in [4.78, 5) is 12.3. The van der Waals surface area contributed by atoms with Crippen molar-refractivity contribution in [2.24, 2.45) is 0 Å². The van der Waals surface area contributed by atoms with Crippen LogP contribution in [0.4, 0.5) is 0 Å². The minimum Gasteiger partial charge on any atom is -0.279 e. The van der Waals surface area contributed by atoms with Crippen LogP contribution in [0.5, 0.6) is 0 Å². The monoisotopic (exact) mass is 262 g/mol. The maximum atomic E-state index is 12.3. The zero-order chi connectivity index (χ0) is 14.7. The average Bonchev–Trinajstić information content (AvgIpc) is 2.37. The predicted molar refractivity (Wildman–Crippen MR) is 83.0 cm³/mol. The first-order valence-corrected chi connectivity index (χ1v) is 6.68. The van der Waals surface area contributed by atoms with Gasteiger partial charge >= 0.3 is 0 Å². The fourth-order valence-corrected chi connectivity index (χ4v) is 2.37. The lowest BCUT2D eigenvalue weighted by atomic mass is 9.96. The summed E-state index contributed by atoms with van der Waals surface area (Å²) in [6.45, 7) is 7.98. The van der Waals surface area contributed by atoms with Crippen molar-refractivity contribution in [1.29, 1.82) is 0 Å². The molecular weight excluding hydrogens is 244 g/mol. The van der Waals surface area contributed by atoms with Crippen molar-refractivity contribution in [3.8, 4) is 11.8 Å². The Kier molecular flexibility index (Phi) is 4.05. The van der Waals surface area contributed by atoms with Gasteiger partial charge in [0.15, 0.2) is 0 Å². The molecule has 0 fully saturated rings. The standard InChI is InChI=1S/C19H18O/c1-13-5-7-17(8-6-13)9-10-18(20)19-15(3)11-14(2)12-16(19)4/h5-8,11-12H,1-4H3. The van der Waals surface area contributed by atoms with Crippen molar-refractivity contribution >= 4 is 5.78 Å². The highest BCUT2D eigenvalue weighted by molar-refractivity contribution is 6.11. The van der Waals surface area contributed by atoms with Crippen LogP contribution in [0.1, 0.15) is 38.2 Å². The van der Waals surface area contributed by atoms with Gasteiger partial charge < -0.3 is 0 Å². The Balaban J connectivity index is 2.32. The molecule has 20 heavy (non-hydrogen) atoms. The second kappa shape index (κ2) is 5.75. The van der Waals surface area contributed by atoms with Gasteiger partial charge in [0.2, 0.25) is 5.78 Å². The summed E-state index contributed by atoms with van der Waals surface area (Å²) < 4.78 is 0. The quantitative estimate of drug-likeness (QED) is 0.557. The molecule has 0 atom stereocenters. The van der Waals surface area contributed by atoms with Crippen LogP contribution in [0.25, 0.3) is 0 Å². The topological polar surface area (TPSA) is 17.1 Å². The summed E-state index contributed by atoms with van der Waals surface area (Å²) in [6.07, 6.45) is 0. The van der Waals surface area contributed by atoms with E-state index in [-0.39, 0.29) is 5.78 Å². The Hall–Kier alpha value is -2.33. The lowest BCUT2D eigenvalue weighted by Crippen LogP contribution is -2.02. The van der Waals surface area contributed by atoms with E-state index in [0.717, 1.165) is 22.3 Å². The molecule has 1 nitrogen and oxygen atoms in total. The number of carbonyl (C=O) groups excluding carboxylic acids is 1. The first-order chi connectivity index (χ1) is 9.47. The minimum absolute atomic E-state index is 0.111. The zero-order valence-electron chi connectivity index (χ0n) is 12.4. The summed E-state index contributed by atoms with van der Waals surface area (Å²) in [7, 11) is 0. The third-order valence-electron chi connectivity index (χ3n) is 3.28. The van der Waals surface area contributed by atoms with E-state index in [0.29, 0.717) is 0 Å². The Morgan fingerprint density at radius 2 is 1.40 bits per heavy atom. The molecule has 0 unspecified atom stereocenters. The minimum atomic E-state index is -0.111. The van der Waals surface area contributed by atoms with Gasteiger partial charge in [-0.1, -0.05) is 41.3 Å². The van der Waals surface area contributed by atoms with Crippen molar-refractivity contribution < 1.29 is 4.79 Å². The molecule has 2 aromatic rings. The van der Waals surface area contributed by atoms with E-state index < -0.39 is 0 Å². The predicted octanol–water partition coefficient (Wildman–Crippen LogP) is 4.15. The van der Waals surface area contributed by atoms with Crippen molar-refractivity contribution in [2.45, 2.75) is 27.7 Å². The van der Waals surface area contributed by atoms with Gasteiger partial charge in [0.05, 0.1) is 0 Å². The van der Waals surface area contributed by atoms with Gasteiger partial charge in [0.25, 0.3) is 0 Å². The number of Topliss-reactive ketones (excluding diaryl/α,β-unsaturated/α-hetero) is 1. The first-order valence-electron chi connectivity index (χ1n) is 6.68. The zero-order valence-corrected chi connectivity index (χ0v) is 12.4. The summed E-state index contributed by atoms with van der Waals surface area (Å²) in [5, 5.41) is 0. The summed E-state index contributed by atoms with van der Waals surface area (Å²) in [6, 6.07) is 11.9. The Morgan fingerprint density at radius 1 is 0.850 bits per heavy atom. The first kappa shape index (κ1) is 14.1. The lowest BCUT2D eigenvalue weighted by Gasteiger charge is -2.06. The molecule has 0 aliphatic heterocycles. The van der Waals surface area contributed by atoms with E-state index in [1.165, 1.54) is 11.1 Å². The molecule has 0 heterocycles. The molecular formula is C19H18O. The molecule has 100 valence electrons. The smallest absolute Gasteiger partial charge is 0.236 e. The highest BCUT2D eigenvalue weighted by Gasteiger charge is 2.10. The third kappa shape index (κ3) is 3.16. The molecule has 2 rings (SSSR count). The summed E-state index contributed by atoms with van der Waals surface area (Å²) in [5.41, 5.74) is 5.94. The Morgan fingerprint density at radius 3 is 1.95 bits per heavy atom. The van der Waals surface area contributed by atoms with E-state index in [2.05, 4.69) is 11.8 Å². The van der Waals surface area contributed by atoms with Gasteiger partial charge in [-0.25, -0.2) is 0 Å². The molecule has 0 saturated carbocycles. The van der Waals surface area contributed by atoms with Gasteiger partial charge in [-0.15, -0.1) is 0 Å². The van der Waals surface area contributed by atoms with Crippen LogP contribution in [0.2, 0.25) is 0 Å². The van der Waals surface area contributed by atoms with Crippen LogP contribution in [-0.4, -0.2) is 5.78 Å². The number of aryl methyl sites for hydroxylation is 4. The molecule has 0 radical (unpaired) electrons. The molecule has 1 heteroatoms. The van der Waals surface area contributed by atoms with Gasteiger partial charge in [0.1, 0.15) is 0 Å². The molecule has 0 amide bonds. The average molecular weight is 262 g/mol. The van der Waals surface area contributed by atoms with Crippen molar-refractivity contribution in [2.75, 3.05) is 0 Å². The van der Waals surface area contributed by atoms with Crippen LogP contribution >= 0.6 is 0 Å². The SMILES string of the molecule is Cc1ccc(C#CC(=O)c2c(C)cc(C)cc2C)cc1. The van der Waals surface area contributed by atoms with Crippen molar-refractivity contribution in [3.63, 3.8) is 0 Å². The number of hydrogen-bond acceptors (Lipinski definition) is 1. The molecule has 0 bridgehead atoms. The van der Waals surface area contributed by atoms with Crippen LogP contribution in [0.15, 0.2) is 36.4 Å². The second-order valence-electron chi connectivity index (χ2n) is 5.22. The van der Waals surface area contributed by atoms with Crippen LogP contribution in [0.3, 0.4) is 0 Å². The van der Waals surface area contributed by atoms with Gasteiger partial charge in [-0.2, -0.15) is 0 Å². The maximum Gasteiger partial charge on any atom is 0.236 e. The number of hydrogen-bond donors (Lipinski definition) is 0. The second-order valence-corrected chi connectivity index (χ2v) is 5.22. The molecule has 2 aromatic carbocycles. The maximum absolute atomic E-state index is 12.3. The third-order valence-corrected chi connectivity index (χ3v) is 3.28. The van der Waals surface area contributed by atoms with E-state index in [9.17, 15) is 4.79 Å². The Labute approximate surface area is 120 Å². The highest BCUT2D eigenvalue weighted by atomic mass is 16.1. The number of benzene rings is 2. The lowest BCUT2D eigenvalue weighted by molar-refractivity contribution is 0.105. The fourth-order valence-electron chi connectivity index (χ4n) is 2.37. The largest absolute Gasteiger partial charge is 0.279 e. The summed E-state index contributed by atoms with van der Waals surface area (Å²) in [5.74, 6) is 5.58. The van der Waals surface area contributed by atoms with Crippen LogP contribution in [-0.2, 0) is 0 Å². The van der Waals surface area contributed by atoms with Crippen LogP contribution in [0, 0.1) is 39.5 Å². The number of rotatable bonds is 1. The van der Waals surface area contributed by atoms with Crippen LogP contribution < -0.4 is 0 Å². The van der Waals surface area contributed by atoms with Crippen molar-refractivity contribution in [3.05, 3.63) is 69.8 Å². The highest BCUT2D eigenvalue weighted by Crippen LogP contribution is 2.16. The van der Waals surface area contributed by atoms with Crippen molar-refractivity contribution in [1.82, 2.24) is 0 Å². The fraction of sp³-hybridized carbons (Fsp3) is 0.211. The van der Waals surface area contributed by atoms with E-state index >= 15 is 0 Å². The molecule has 0 aromatic heterocycles. The summed E-state index contributed by atoms with van der Waals surface area (Å²) >= 11 is 0. The molecule has 0 spiro atoms. The van der Waals surface area contributed by atoms with Gasteiger partial charge in [-0.05, 0) is 56.9 Å². The van der Waals surface area contributed by atoms with Gasteiger partial charge in [0, 0.05) is 11.1 Å². The molecule has 0 N–H and O–H groups in total. The molecule has 0 aliphatic rings. The molecule has 0 aliphatic carbocycles. The number of ketones is 1. The van der Waals surface area contributed by atoms with E-state index in [4.69, 9.17) is 0 Å². The molecule has 0 saturated heterocycles. The normalized spacial score (nSPS) is 9.80.